The van der Waals surface area contributed by atoms with Gasteiger partial charge >= 0.3 is 0 Å². The van der Waals surface area contributed by atoms with E-state index in [2.05, 4.69) is 37.4 Å². The van der Waals surface area contributed by atoms with Crippen LogP contribution in [0.2, 0.25) is 6.32 Å². The van der Waals surface area contributed by atoms with Crippen molar-refractivity contribution in [2.24, 2.45) is 0 Å². The van der Waals surface area contributed by atoms with Crippen molar-refractivity contribution in [1.29, 1.82) is 0 Å². The first-order valence-corrected chi connectivity index (χ1v) is 3.16. The van der Waals surface area contributed by atoms with Gasteiger partial charge in [0.1, 0.15) is 7.85 Å². The zero-order valence-electron chi connectivity index (χ0n) is 3.66. The summed E-state index contributed by atoms with van der Waals surface area (Å²) in [5.41, 5.74) is 0. The van der Waals surface area contributed by atoms with Crippen molar-refractivity contribution in [3.8, 4) is 0 Å². The second-order valence-electron chi connectivity index (χ2n) is 1.19. The van der Waals surface area contributed by atoms with Crippen LogP contribution in [0.1, 0.15) is 6.92 Å². The highest BCUT2D eigenvalue weighted by molar-refractivity contribution is 14.1. The molecule has 0 nitrogen and oxygen atoms in total. The van der Waals surface area contributed by atoms with Crippen molar-refractivity contribution >= 4 is 30.4 Å². The van der Waals surface area contributed by atoms with Gasteiger partial charge in [-0.25, -0.2) is 0 Å². The van der Waals surface area contributed by atoms with E-state index in [1.165, 1.54) is 6.32 Å². The first-order chi connectivity index (χ1) is 2.27. The van der Waals surface area contributed by atoms with Crippen LogP contribution >= 0.6 is 22.6 Å². The third kappa shape index (κ3) is 4.79. The quantitative estimate of drug-likeness (QED) is 0.320. The third-order valence-electron chi connectivity index (χ3n) is 0.563. The molecule has 0 aromatic carbocycles. The van der Waals surface area contributed by atoms with Crippen molar-refractivity contribution in [2.75, 3.05) is 0 Å². The Balaban J connectivity index is 2.54. The molecule has 30 valence electrons. The maximum atomic E-state index is 2.41. The third-order valence-corrected chi connectivity index (χ3v) is 1.44. The minimum atomic E-state index is 0.854. The first-order valence-electron chi connectivity index (χ1n) is 1.91. The monoisotopic (exact) mass is 182 g/mol. The highest BCUT2D eigenvalue weighted by Gasteiger charge is 1.82. The maximum absolute atomic E-state index is 2.41. The molecule has 0 aliphatic rings. The van der Waals surface area contributed by atoms with Crippen LogP contribution < -0.4 is 0 Å². The summed E-state index contributed by atoms with van der Waals surface area (Å²) in [6, 6.07) is 0. The van der Waals surface area contributed by atoms with Crippen LogP contribution in [0.4, 0.5) is 0 Å². The summed E-state index contributed by atoms with van der Waals surface area (Å²) in [4.78, 5) is 0. The van der Waals surface area contributed by atoms with Crippen molar-refractivity contribution in [3.63, 3.8) is 0 Å². The van der Waals surface area contributed by atoms with E-state index in [1.54, 1.807) is 0 Å². The Bertz CT molecular complexity index is 20.9. The van der Waals surface area contributed by atoms with Crippen molar-refractivity contribution in [2.45, 2.75) is 17.2 Å². The summed E-state index contributed by atoms with van der Waals surface area (Å²) in [6.07, 6.45) is 1.29. The molecule has 0 rings (SSSR count). The van der Waals surface area contributed by atoms with Crippen LogP contribution in [0.3, 0.4) is 0 Å². The van der Waals surface area contributed by atoms with Gasteiger partial charge in [-0.15, -0.1) is 0 Å². The van der Waals surface area contributed by atoms with Gasteiger partial charge in [0.15, 0.2) is 0 Å². The molecular weight excluding hydrogens is 174 g/mol. The lowest BCUT2D eigenvalue weighted by atomic mass is 10.0. The second-order valence-corrected chi connectivity index (χ2v) is 3.32. The van der Waals surface area contributed by atoms with Crippen LogP contribution in [0.5, 0.6) is 0 Å². The molecule has 1 unspecified atom stereocenters. The van der Waals surface area contributed by atoms with E-state index in [0.717, 1.165) is 3.92 Å². The lowest BCUT2D eigenvalue weighted by molar-refractivity contribution is 1.16. The Labute approximate surface area is 47.9 Å². The molecule has 0 aromatic heterocycles. The van der Waals surface area contributed by atoms with Gasteiger partial charge in [0, 0.05) is 3.92 Å². The van der Waals surface area contributed by atoms with E-state index in [-0.39, 0.29) is 0 Å². The summed E-state index contributed by atoms with van der Waals surface area (Å²) in [6.45, 7) is 2.21. The Morgan fingerprint density at radius 1 is 2.00 bits per heavy atom. The molecule has 0 heterocycles. The highest BCUT2D eigenvalue weighted by atomic mass is 127. The molecule has 0 radical (unpaired) electrons. The average molecular weight is 182 g/mol. The van der Waals surface area contributed by atoms with Crippen LogP contribution in [-0.4, -0.2) is 11.8 Å². The van der Waals surface area contributed by atoms with Crippen molar-refractivity contribution in [1.82, 2.24) is 0 Å². The molecular formula is C3H8BI. The van der Waals surface area contributed by atoms with Crippen LogP contribution in [0, 0.1) is 0 Å². The molecule has 0 bridgehead atoms. The molecule has 0 saturated carbocycles. The van der Waals surface area contributed by atoms with E-state index >= 15 is 0 Å². The van der Waals surface area contributed by atoms with E-state index in [9.17, 15) is 0 Å². The van der Waals surface area contributed by atoms with Gasteiger partial charge in [0.05, 0.1) is 0 Å². The summed E-state index contributed by atoms with van der Waals surface area (Å²) in [7, 11) is 2.19. The molecule has 0 saturated heterocycles. The topological polar surface area (TPSA) is 0 Å². The highest BCUT2D eigenvalue weighted by Crippen LogP contribution is 1.99. The SMILES string of the molecule is BCC(C)I. The Morgan fingerprint density at radius 2 is 2.20 bits per heavy atom. The molecule has 0 spiro atoms. The van der Waals surface area contributed by atoms with Crippen LogP contribution in [0.15, 0.2) is 0 Å². The normalized spacial score (nSPS) is 14.8. The predicted octanol–water partition coefficient (Wildman–Crippen LogP) is 0.861. The summed E-state index contributed by atoms with van der Waals surface area (Å²) in [5, 5.41) is 0. The molecule has 0 amide bonds. The van der Waals surface area contributed by atoms with E-state index in [1.807, 2.05) is 0 Å². The van der Waals surface area contributed by atoms with E-state index in [4.69, 9.17) is 0 Å². The predicted molar refractivity (Wildman–Crippen MR) is 36.8 cm³/mol. The molecule has 5 heavy (non-hydrogen) atoms. The van der Waals surface area contributed by atoms with Gasteiger partial charge < -0.3 is 0 Å². The minimum Gasteiger partial charge on any atom is -0.0837 e. The zero-order chi connectivity index (χ0) is 4.28. The molecule has 0 fully saturated rings. The molecule has 0 N–H and O–H groups in total. The standard InChI is InChI=1S/C3H8BI/c1-3(5)2-4/h3H,2,4H2,1H3. The number of alkyl halides is 1. The first kappa shape index (κ1) is 5.79. The average Bonchev–Trinajstić information content (AvgIpc) is 1.38. The maximum Gasteiger partial charge on any atom is 0.102 e. The zero-order valence-corrected chi connectivity index (χ0v) is 5.82. The van der Waals surface area contributed by atoms with Crippen LogP contribution in [-0.2, 0) is 0 Å². The van der Waals surface area contributed by atoms with Gasteiger partial charge in [0.25, 0.3) is 0 Å². The number of hydrogen-bond donors (Lipinski definition) is 0. The van der Waals surface area contributed by atoms with Gasteiger partial charge in [-0.3, -0.25) is 0 Å². The van der Waals surface area contributed by atoms with Crippen molar-refractivity contribution < 1.29 is 0 Å². The Kier molecular flexibility index (Phi) is 3.48. The lowest BCUT2D eigenvalue weighted by Crippen LogP contribution is -1.82. The summed E-state index contributed by atoms with van der Waals surface area (Å²) >= 11 is 2.41. The van der Waals surface area contributed by atoms with Gasteiger partial charge in [-0.05, 0) is 0 Å². The summed E-state index contributed by atoms with van der Waals surface area (Å²) < 4.78 is 0.854. The molecule has 2 heteroatoms. The van der Waals surface area contributed by atoms with E-state index in [0.29, 0.717) is 0 Å². The van der Waals surface area contributed by atoms with Gasteiger partial charge in [0.2, 0.25) is 0 Å². The second kappa shape index (κ2) is 3.00. The fourth-order valence-electron chi connectivity index (χ4n) is 0. The molecule has 1 atom stereocenters. The fourth-order valence-corrected chi connectivity index (χ4v) is 0. The minimum absolute atomic E-state index is 0.854. The molecule has 0 aliphatic heterocycles. The number of hydrogen-bond acceptors (Lipinski definition) is 0. The molecule has 0 aliphatic carbocycles. The van der Waals surface area contributed by atoms with E-state index < -0.39 is 0 Å². The smallest absolute Gasteiger partial charge is 0.0837 e. The number of rotatable bonds is 1. The fraction of sp³-hybridized carbons (Fsp3) is 1.00. The van der Waals surface area contributed by atoms with Crippen LogP contribution in [0.25, 0.3) is 0 Å². The van der Waals surface area contributed by atoms with Crippen molar-refractivity contribution in [3.05, 3.63) is 0 Å². The molecule has 0 aromatic rings. The number of halogens is 1. The summed E-state index contributed by atoms with van der Waals surface area (Å²) in [5.74, 6) is 0. The van der Waals surface area contributed by atoms with Gasteiger partial charge in [-0.2, -0.15) is 0 Å². The Hall–Kier alpha value is 0.795. The lowest BCUT2D eigenvalue weighted by Gasteiger charge is -1.87. The Morgan fingerprint density at radius 3 is 2.20 bits per heavy atom. The van der Waals surface area contributed by atoms with Gasteiger partial charge in [-0.1, -0.05) is 35.8 Å². The largest absolute Gasteiger partial charge is 0.102 e.